The van der Waals surface area contributed by atoms with Crippen LogP contribution in [0.15, 0.2) is 4.99 Å². The van der Waals surface area contributed by atoms with E-state index >= 15 is 0 Å². The normalized spacial score (nSPS) is 20.2. The summed E-state index contributed by atoms with van der Waals surface area (Å²) < 4.78 is 0. The minimum atomic E-state index is -0.0374. The standard InChI is InChI=1S/C10H22N4/c1-8(2)6-10(3,7-11)14-9-12-4-5-13-9/h8H,4-7,11H2,1-3H3,(H2,12,13,14). The number of hydrogen-bond acceptors (Lipinski definition) is 4. The van der Waals surface area contributed by atoms with Gasteiger partial charge >= 0.3 is 0 Å². The van der Waals surface area contributed by atoms with Gasteiger partial charge < -0.3 is 16.4 Å². The van der Waals surface area contributed by atoms with Crippen LogP contribution in [0.1, 0.15) is 27.2 Å². The third-order valence-electron chi connectivity index (χ3n) is 2.40. The molecule has 1 aliphatic heterocycles. The van der Waals surface area contributed by atoms with Crippen molar-refractivity contribution < 1.29 is 0 Å². The summed E-state index contributed by atoms with van der Waals surface area (Å²) in [6.45, 7) is 9.00. The Morgan fingerprint density at radius 1 is 1.64 bits per heavy atom. The lowest BCUT2D eigenvalue weighted by Gasteiger charge is -2.32. The van der Waals surface area contributed by atoms with E-state index < -0.39 is 0 Å². The lowest BCUT2D eigenvalue weighted by atomic mass is 9.91. The fraction of sp³-hybridized carbons (Fsp3) is 0.900. The first kappa shape index (κ1) is 11.3. The molecule has 1 unspecified atom stereocenters. The zero-order chi connectivity index (χ0) is 10.6. The molecule has 0 bridgehead atoms. The maximum atomic E-state index is 5.79. The van der Waals surface area contributed by atoms with Crippen molar-refractivity contribution in [2.75, 3.05) is 19.6 Å². The Morgan fingerprint density at radius 3 is 2.79 bits per heavy atom. The van der Waals surface area contributed by atoms with Gasteiger partial charge in [-0.05, 0) is 19.3 Å². The Morgan fingerprint density at radius 2 is 2.36 bits per heavy atom. The zero-order valence-electron chi connectivity index (χ0n) is 9.43. The lowest BCUT2D eigenvalue weighted by molar-refractivity contribution is 0.340. The van der Waals surface area contributed by atoms with Crippen LogP contribution in [0.2, 0.25) is 0 Å². The molecule has 1 aliphatic rings. The second kappa shape index (κ2) is 4.64. The van der Waals surface area contributed by atoms with Crippen LogP contribution in [0.25, 0.3) is 0 Å². The van der Waals surface area contributed by atoms with E-state index in [-0.39, 0.29) is 5.54 Å². The van der Waals surface area contributed by atoms with Gasteiger partial charge in [0, 0.05) is 18.6 Å². The van der Waals surface area contributed by atoms with Gasteiger partial charge in [0.05, 0.1) is 6.54 Å². The summed E-state index contributed by atoms with van der Waals surface area (Å²) in [6, 6.07) is 0. The quantitative estimate of drug-likeness (QED) is 0.609. The van der Waals surface area contributed by atoms with Crippen LogP contribution in [-0.4, -0.2) is 31.1 Å². The Balaban J connectivity index is 2.51. The van der Waals surface area contributed by atoms with Gasteiger partial charge in [0.15, 0.2) is 5.96 Å². The van der Waals surface area contributed by atoms with Gasteiger partial charge in [-0.15, -0.1) is 0 Å². The molecular formula is C10H22N4. The van der Waals surface area contributed by atoms with Crippen LogP contribution in [0.4, 0.5) is 0 Å². The van der Waals surface area contributed by atoms with Gasteiger partial charge in [-0.25, -0.2) is 0 Å². The van der Waals surface area contributed by atoms with Crippen molar-refractivity contribution in [2.45, 2.75) is 32.7 Å². The zero-order valence-corrected chi connectivity index (χ0v) is 9.43. The molecule has 82 valence electrons. The van der Waals surface area contributed by atoms with Gasteiger partial charge in [-0.2, -0.15) is 0 Å². The average molecular weight is 198 g/mol. The molecule has 4 nitrogen and oxygen atoms in total. The van der Waals surface area contributed by atoms with Crippen LogP contribution in [-0.2, 0) is 0 Å². The van der Waals surface area contributed by atoms with Crippen molar-refractivity contribution in [2.24, 2.45) is 16.6 Å². The number of aliphatic imine (C=N–C) groups is 1. The van der Waals surface area contributed by atoms with Crippen LogP contribution in [0.5, 0.6) is 0 Å². The molecule has 0 saturated carbocycles. The van der Waals surface area contributed by atoms with E-state index in [1.54, 1.807) is 0 Å². The predicted molar refractivity (Wildman–Crippen MR) is 60.4 cm³/mol. The number of nitrogens with one attached hydrogen (secondary N) is 2. The second-order valence-corrected chi connectivity index (χ2v) is 4.64. The van der Waals surface area contributed by atoms with Crippen LogP contribution < -0.4 is 16.4 Å². The first-order chi connectivity index (χ1) is 6.56. The fourth-order valence-corrected chi connectivity index (χ4v) is 1.85. The van der Waals surface area contributed by atoms with E-state index in [1.807, 2.05) is 0 Å². The average Bonchev–Trinajstić information content (AvgIpc) is 2.55. The molecular weight excluding hydrogens is 176 g/mol. The monoisotopic (exact) mass is 198 g/mol. The topological polar surface area (TPSA) is 62.4 Å². The van der Waals surface area contributed by atoms with Gasteiger partial charge in [0.25, 0.3) is 0 Å². The molecule has 4 heteroatoms. The molecule has 0 spiro atoms. The summed E-state index contributed by atoms with van der Waals surface area (Å²) in [5, 5.41) is 6.59. The number of hydrogen-bond donors (Lipinski definition) is 3. The predicted octanol–water partition coefficient (Wildman–Crippen LogP) is 0.299. The van der Waals surface area contributed by atoms with Gasteiger partial charge in [0.1, 0.15) is 0 Å². The summed E-state index contributed by atoms with van der Waals surface area (Å²) in [4.78, 5) is 4.31. The van der Waals surface area contributed by atoms with Crippen LogP contribution >= 0.6 is 0 Å². The Hall–Kier alpha value is -0.770. The lowest BCUT2D eigenvalue weighted by Crippen LogP contribution is -2.54. The molecule has 4 N–H and O–H groups in total. The molecule has 14 heavy (non-hydrogen) atoms. The van der Waals surface area contributed by atoms with Crippen molar-refractivity contribution in [1.82, 2.24) is 10.6 Å². The minimum absolute atomic E-state index is 0.0374. The Kier molecular flexibility index (Phi) is 3.75. The van der Waals surface area contributed by atoms with Crippen LogP contribution in [0.3, 0.4) is 0 Å². The van der Waals surface area contributed by atoms with Gasteiger partial charge in [0.2, 0.25) is 0 Å². The number of nitrogens with zero attached hydrogens (tertiary/aromatic N) is 1. The molecule has 1 rings (SSSR count). The molecule has 0 amide bonds. The Bertz CT molecular complexity index is 212. The first-order valence-electron chi connectivity index (χ1n) is 5.32. The van der Waals surface area contributed by atoms with E-state index in [2.05, 4.69) is 36.4 Å². The molecule has 0 aromatic rings. The van der Waals surface area contributed by atoms with Crippen molar-refractivity contribution in [3.8, 4) is 0 Å². The van der Waals surface area contributed by atoms with Crippen molar-refractivity contribution in [1.29, 1.82) is 0 Å². The van der Waals surface area contributed by atoms with E-state index in [1.165, 1.54) is 0 Å². The fourth-order valence-electron chi connectivity index (χ4n) is 1.85. The molecule has 0 aromatic carbocycles. The molecule has 1 atom stereocenters. The SMILES string of the molecule is CC(C)CC(C)(CN)NC1=NCCN1. The number of nitrogens with two attached hydrogens (primary N) is 1. The molecule has 0 aliphatic carbocycles. The highest BCUT2D eigenvalue weighted by Crippen LogP contribution is 2.15. The highest BCUT2D eigenvalue weighted by atomic mass is 15.2. The summed E-state index contributed by atoms with van der Waals surface area (Å²) in [7, 11) is 0. The van der Waals surface area contributed by atoms with E-state index in [9.17, 15) is 0 Å². The largest absolute Gasteiger partial charge is 0.355 e. The van der Waals surface area contributed by atoms with Crippen molar-refractivity contribution in [3.05, 3.63) is 0 Å². The summed E-state index contributed by atoms with van der Waals surface area (Å²) in [6.07, 6.45) is 1.06. The summed E-state index contributed by atoms with van der Waals surface area (Å²) >= 11 is 0. The summed E-state index contributed by atoms with van der Waals surface area (Å²) in [5.41, 5.74) is 5.75. The molecule has 0 radical (unpaired) electrons. The molecule has 0 aromatic heterocycles. The summed E-state index contributed by atoms with van der Waals surface area (Å²) in [5.74, 6) is 1.54. The van der Waals surface area contributed by atoms with Crippen molar-refractivity contribution in [3.63, 3.8) is 0 Å². The maximum Gasteiger partial charge on any atom is 0.191 e. The Labute approximate surface area is 86.4 Å². The molecule has 0 fully saturated rings. The van der Waals surface area contributed by atoms with Crippen LogP contribution in [0, 0.1) is 5.92 Å². The van der Waals surface area contributed by atoms with E-state index in [0.29, 0.717) is 12.5 Å². The third kappa shape index (κ3) is 3.18. The highest BCUT2D eigenvalue weighted by Gasteiger charge is 2.25. The number of guanidine groups is 1. The molecule has 1 heterocycles. The number of rotatable bonds is 4. The minimum Gasteiger partial charge on any atom is -0.355 e. The van der Waals surface area contributed by atoms with Gasteiger partial charge in [-0.3, -0.25) is 4.99 Å². The third-order valence-corrected chi connectivity index (χ3v) is 2.40. The molecule has 0 saturated heterocycles. The highest BCUT2D eigenvalue weighted by molar-refractivity contribution is 5.81. The maximum absolute atomic E-state index is 5.79. The van der Waals surface area contributed by atoms with E-state index in [4.69, 9.17) is 5.73 Å². The first-order valence-corrected chi connectivity index (χ1v) is 5.32. The van der Waals surface area contributed by atoms with Crippen molar-refractivity contribution >= 4 is 5.96 Å². The van der Waals surface area contributed by atoms with E-state index in [0.717, 1.165) is 25.5 Å². The second-order valence-electron chi connectivity index (χ2n) is 4.64. The van der Waals surface area contributed by atoms with Gasteiger partial charge in [-0.1, -0.05) is 13.8 Å². The smallest absolute Gasteiger partial charge is 0.191 e.